The highest BCUT2D eigenvalue weighted by Gasteiger charge is 2.34. The summed E-state index contributed by atoms with van der Waals surface area (Å²) in [6, 6.07) is 11.2. The molecule has 4 rings (SSSR count). The summed E-state index contributed by atoms with van der Waals surface area (Å²) in [4.78, 5) is 48.7. The van der Waals surface area contributed by atoms with Crippen molar-refractivity contribution in [3.05, 3.63) is 63.0 Å². The number of hydrogen-bond donors (Lipinski definition) is 2. The molecule has 0 aromatic heterocycles. The molecule has 0 atom stereocenters. The lowest BCUT2D eigenvalue weighted by atomic mass is 10.2. The molecular formula is C21H18N4O7S. The summed E-state index contributed by atoms with van der Waals surface area (Å²) in [6.45, 7) is -0.0113. The van der Waals surface area contributed by atoms with Crippen molar-refractivity contribution in [2.75, 3.05) is 31.7 Å². The maximum atomic E-state index is 12.6. The van der Waals surface area contributed by atoms with Crippen LogP contribution < -0.4 is 20.1 Å². The van der Waals surface area contributed by atoms with Crippen molar-refractivity contribution in [2.45, 2.75) is 0 Å². The third-order valence-corrected chi connectivity index (χ3v) is 5.67. The third-order valence-electron chi connectivity index (χ3n) is 4.77. The van der Waals surface area contributed by atoms with Crippen LogP contribution in [0.5, 0.6) is 11.5 Å². The average molecular weight is 470 g/mol. The predicted molar refractivity (Wildman–Crippen MR) is 120 cm³/mol. The van der Waals surface area contributed by atoms with Crippen LogP contribution in [0.1, 0.15) is 5.56 Å². The Morgan fingerprint density at radius 2 is 1.97 bits per heavy atom. The van der Waals surface area contributed by atoms with Gasteiger partial charge in [-0.25, -0.2) is 0 Å². The topological polar surface area (TPSA) is 140 Å². The van der Waals surface area contributed by atoms with Crippen molar-refractivity contribution in [2.24, 2.45) is 0 Å². The Labute approximate surface area is 191 Å². The molecule has 1 saturated heterocycles. The number of amides is 3. The Morgan fingerprint density at radius 3 is 2.79 bits per heavy atom. The van der Waals surface area contributed by atoms with Gasteiger partial charge in [0.05, 0.1) is 16.4 Å². The van der Waals surface area contributed by atoms with Crippen LogP contribution in [-0.4, -0.2) is 53.3 Å². The maximum Gasteiger partial charge on any atom is 0.293 e. The summed E-state index contributed by atoms with van der Waals surface area (Å²) < 4.78 is 10.6. The van der Waals surface area contributed by atoms with E-state index < -0.39 is 22.0 Å². The van der Waals surface area contributed by atoms with E-state index in [0.717, 1.165) is 16.7 Å². The molecule has 12 heteroatoms. The standard InChI is InChI=1S/C21H18N4O7S/c26-19(11-23-14-3-1-2-4-15(14)25(29)30)22-7-8-24-20(27)18(33-21(24)28)10-13-5-6-16-17(9-13)32-12-31-16/h1-6,9-10,23H,7-8,11-12H2,(H,22,26)/b18-10+. The number of nitro groups is 1. The Hall–Kier alpha value is -4.06. The summed E-state index contributed by atoms with van der Waals surface area (Å²) >= 11 is 0.818. The fraction of sp³-hybridized carbons (Fsp3) is 0.190. The van der Waals surface area contributed by atoms with Gasteiger partial charge in [0.15, 0.2) is 11.5 Å². The highest BCUT2D eigenvalue weighted by atomic mass is 32.2. The van der Waals surface area contributed by atoms with Gasteiger partial charge in [-0.05, 0) is 41.6 Å². The van der Waals surface area contributed by atoms with Crippen LogP contribution in [0.15, 0.2) is 47.4 Å². The number of rotatable bonds is 8. The quantitative estimate of drug-likeness (QED) is 0.338. The maximum absolute atomic E-state index is 12.6. The first-order valence-electron chi connectivity index (χ1n) is 9.81. The molecule has 3 amide bonds. The van der Waals surface area contributed by atoms with E-state index in [1.165, 1.54) is 18.2 Å². The van der Waals surface area contributed by atoms with E-state index in [1.54, 1.807) is 30.3 Å². The first-order valence-corrected chi connectivity index (χ1v) is 10.6. The molecule has 2 aromatic rings. The van der Waals surface area contributed by atoms with Crippen LogP contribution in [0.2, 0.25) is 0 Å². The van der Waals surface area contributed by atoms with Crippen LogP contribution in [0, 0.1) is 10.1 Å². The van der Waals surface area contributed by atoms with Gasteiger partial charge < -0.3 is 20.1 Å². The second-order valence-corrected chi connectivity index (χ2v) is 7.92. The molecule has 2 heterocycles. The fourth-order valence-corrected chi connectivity index (χ4v) is 4.04. The minimum Gasteiger partial charge on any atom is -0.454 e. The van der Waals surface area contributed by atoms with Gasteiger partial charge in [0.2, 0.25) is 12.7 Å². The minimum absolute atomic E-state index is 0.000367. The van der Waals surface area contributed by atoms with Crippen molar-refractivity contribution in [1.82, 2.24) is 10.2 Å². The van der Waals surface area contributed by atoms with E-state index >= 15 is 0 Å². The van der Waals surface area contributed by atoms with E-state index in [2.05, 4.69) is 10.6 Å². The molecule has 2 aliphatic rings. The Morgan fingerprint density at radius 1 is 1.18 bits per heavy atom. The normalized spacial score (nSPS) is 15.8. The van der Waals surface area contributed by atoms with E-state index in [-0.39, 0.29) is 42.7 Å². The Bertz CT molecular complexity index is 1170. The lowest BCUT2D eigenvalue weighted by Crippen LogP contribution is -2.39. The molecule has 2 aliphatic heterocycles. The van der Waals surface area contributed by atoms with Gasteiger partial charge in [0.1, 0.15) is 5.69 Å². The van der Waals surface area contributed by atoms with Crippen LogP contribution in [-0.2, 0) is 9.59 Å². The summed E-state index contributed by atoms with van der Waals surface area (Å²) in [6.07, 6.45) is 1.60. The lowest BCUT2D eigenvalue weighted by Gasteiger charge is -2.13. The van der Waals surface area contributed by atoms with E-state index in [4.69, 9.17) is 9.47 Å². The van der Waals surface area contributed by atoms with Crippen LogP contribution in [0.3, 0.4) is 0 Å². The molecule has 0 saturated carbocycles. The fourth-order valence-electron chi connectivity index (χ4n) is 3.17. The highest BCUT2D eigenvalue weighted by molar-refractivity contribution is 8.18. The van der Waals surface area contributed by atoms with Gasteiger partial charge in [-0.2, -0.15) is 0 Å². The van der Waals surface area contributed by atoms with Gasteiger partial charge in [-0.1, -0.05) is 18.2 Å². The first-order chi connectivity index (χ1) is 15.9. The molecule has 2 N–H and O–H groups in total. The molecule has 11 nitrogen and oxygen atoms in total. The molecule has 0 aliphatic carbocycles. The summed E-state index contributed by atoms with van der Waals surface area (Å²) in [5, 5.41) is 15.9. The third kappa shape index (κ3) is 5.06. The number of anilines is 1. The largest absolute Gasteiger partial charge is 0.454 e. The molecule has 0 unspecified atom stereocenters. The number of ether oxygens (including phenoxy) is 2. The number of nitrogens with zero attached hydrogens (tertiary/aromatic N) is 2. The SMILES string of the molecule is O=C(CNc1ccccc1[N+](=O)[O-])NCCN1C(=O)S/C(=C/c2ccc3c(c2)OCO3)C1=O. The van der Waals surface area contributed by atoms with Crippen molar-refractivity contribution in [3.63, 3.8) is 0 Å². The number of thioether (sulfide) groups is 1. The number of carbonyl (C=O) groups is 3. The number of nitrogens with one attached hydrogen (secondary N) is 2. The van der Waals surface area contributed by atoms with Gasteiger partial charge in [-0.15, -0.1) is 0 Å². The second-order valence-electron chi connectivity index (χ2n) is 6.92. The van der Waals surface area contributed by atoms with E-state index in [1.807, 2.05) is 0 Å². The van der Waals surface area contributed by atoms with Gasteiger partial charge in [0.25, 0.3) is 16.8 Å². The predicted octanol–water partition coefficient (Wildman–Crippen LogP) is 2.59. The number of benzene rings is 2. The van der Waals surface area contributed by atoms with Crippen LogP contribution in [0.4, 0.5) is 16.2 Å². The van der Waals surface area contributed by atoms with Gasteiger partial charge in [0, 0.05) is 19.2 Å². The van der Waals surface area contributed by atoms with Crippen LogP contribution in [0.25, 0.3) is 6.08 Å². The monoisotopic (exact) mass is 470 g/mol. The molecule has 33 heavy (non-hydrogen) atoms. The Balaban J connectivity index is 1.28. The van der Waals surface area contributed by atoms with Gasteiger partial charge in [-0.3, -0.25) is 29.4 Å². The number of imide groups is 1. The van der Waals surface area contributed by atoms with Crippen molar-refractivity contribution in [3.8, 4) is 11.5 Å². The molecule has 1 fully saturated rings. The Kier molecular flexibility index (Phi) is 6.45. The summed E-state index contributed by atoms with van der Waals surface area (Å²) in [5.41, 5.74) is 0.772. The molecule has 2 aromatic carbocycles. The zero-order valence-electron chi connectivity index (χ0n) is 17.1. The number of para-hydroxylation sites is 2. The molecule has 0 spiro atoms. The average Bonchev–Trinajstić information content (AvgIpc) is 3.37. The second kappa shape index (κ2) is 9.61. The van der Waals surface area contributed by atoms with Gasteiger partial charge >= 0.3 is 0 Å². The number of nitro benzene ring substituents is 1. The highest BCUT2D eigenvalue weighted by Crippen LogP contribution is 2.36. The molecular weight excluding hydrogens is 452 g/mol. The molecule has 0 radical (unpaired) electrons. The number of fused-ring (bicyclic) bond motifs is 1. The smallest absolute Gasteiger partial charge is 0.293 e. The first kappa shape index (κ1) is 22.1. The summed E-state index contributed by atoms with van der Waals surface area (Å²) in [7, 11) is 0. The lowest BCUT2D eigenvalue weighted by molar-refractivity contribution is -0.383. The van der Waals surface area contributed by atoms with Crippen molar-refractivity contribution < 1.29 is 28.8 Å². The zero-order valence-corrected chi connectivity index (χ0v) is 17.9. The number of hydrogen-bond acceptors (Lipinski definition) is 9. The van der Waals surface area contributed by atoms with Crippen molar-refractivity contribution in [1.29, 1.82) is 0 Å². The van der Waals surface area contributed by atoms with E-state index in [9.17, 15) is 24.5 Å². The molecule has 170 valence electrons. The summed E-state index contributed by atoms with van der Waals surface area (Å²) in [5.74, 6) is 0.304. The van der Waals surface area contributed by atoms with Crippen LogP contribution >= 0.6 is 11.8 Å². The molecule has 0 bridgehead atoms. The van der Waals surface area contributed by atoms with Crippen molar-refractivity contribution >= 4 is 46.3 Å². The van der Waals surface area contributed by atoms with E-state index in [0.29, 0.717) is 17.1 Å². The minimum atomic E-state index is -0.544. The number of carbonyl (C=O) groups excluding carboxylic acids is 3. The zero-order chi connectivity index (χ0) is 23.4.